The van der Waals surface area contributed by atoms with E-state index in [4.69, 9.17) is 27.1 Å². The first-order chi connectivity index (χ1) is 13.0. The van der Waals surface area contributed by atoms with E-state index in [9.17, 15) is 4.39 Å². The molecule has 0 unspecified atom stereocenters. The largest absolute Gasteiger partial charge is 0.393 e. The molecule has 0 radical (unpaired) electrons. The van der Waals surface area contributed by atoms with Crippen molar-refractivity contribution in [1.29, 1.82) is 5.41 Å². The fourth-order valence-electron chi connectivity index (χ4n) is 2.23. The first kappa shape index (κ1) is 17.9. The van der Waals surface area contributed by atoms with E-state index in [1.54, 1.807) is 24.3 Å². The monoisotopic (exact) mass is 368 g/mol. The molecule has 10 heteroatoms. The van der Waals surface area contributed by atoms with Gasteiger partial charge in [-0.2, -0.15) is 0 Å². The molecule has 0 saturated carbocycles. The number of rotatable bonds is 6. The molecule has 1 aromatic carbocycles. The Labute approximate surface area is 153 Å². The molecular formula is C17H17FN8O. The summed E-state index contributed by atoms with van der Waals surface area (Å²) >= 11 is 0. The zero-order valence-corrected chi connectivity index (χ0v) is 14.1. The van der Waals surface area contributed by atoms with Crippen LogP contribution in [0.1, 0.15) is 17.1 Å². The van der Waals surface area contributed by atoms with E-state index in [1.165, 1.54) is 18.4 Å². The second-order valence-corrected chi connectivity index (χ2v) is 5.53. The summed E-state index contributed by atoms with van der Waals surface area (Å²) in [7, 11) is 0. The molecule has 0 bridgehead atoms. The van der Waals surface area contributed by atoms with Gasteiger partial charge in [-0.1, -0.05) is 23.4 Å². The molecule has 9 nitrogen and oxygen atoms in total. The summed E-state index contributed by atoms with van der Waals surface area (Å²) in [6.07, 6.45) is 2.80. The summed E-state index contributed by atoms with van der Waals surface area (Å²) in [5, 5.41) is 15.1. The zero-order chi connectivity index (χ0) is 19.4. The Morgan fingerprint density at radius 2 is 1.85 bits per heavy atom. The van der Waals surface area contributed by atoms with Crippen LogP contribution in [0, 0.1) is 11.2 Å². The third-order valence-corrected chi connectivity index (χ3v) is 3.68. The molecule has 0 amide bonds. The molecule has 8 N–H and O–H groups in total. The molecule has 138 valence electrons. The molecule has 0 atom stereocenters. The normalized spacial score (nSPS) is 11.4. The third kappa shape index (κ3) is 4.00. The number of allylic oxidation sites excluding steroid dienone is 1. The minimum absolute atomic E-state index is 0.00659. The van der Waals surface area contributed by atoms with Crippen molar-refractivity contribution in [2.24, 2.45) is 0 Å². The second-order valence-electron chi connectivity index (χ2n) is 5.53. The van der Waals surface area contributed by atoms with Gasteiger partial charge in [0.05, 0.1) is 5.70 Å². The van der Waals surface area contributed by atoms with E-state index in [0.29, 0.717) is 17.0 Å². The molecule has 0 fully saturated rings. The topological polar surface area (TPSA) is 166 Å². The summed E-state index contributed by atoms with van der Waals surface area (Å²) in [6, 6.07) is 7.95. The SMILES string of the molecule is N=C(/C=C(\NCc1ccccc1F)c1ccon1)c1nc(N)c(N)c(N)n1. The Morgan fingerprint density at radius 3 is 2.48 bits per heavy atom. The summed E-state index contributed by atoms with van der Waals surface area (Å²) in [4.78, 5) is 7.92. The first-order valence-corrected chi connectivity index (χ1v) is 7.83. The zero-order valence-electron chi connectivity index (χ0n) is 14.1. The maximum absolute atomic E-state index is 13.8. The summed E-state index contributed by atoms with van der Waals surface area (Å²) < 4.78 is 18.7. The van der Waals surface area contributed by atoms with Crippen LogP contribution in [0.3, 0.4) is 0 Å². The Kier molecular flexibility index (Phi) is 4.97. The van der Waals surface area contributed by atoms with Crippen LogP contribution in [-0.4, -0.2) is 20.8 Å². The van der Waals surface area contributed by atoms with Crippen molar-refractivity contribution in [2.75, 3.05) is 17.2 Å². The highest BCUT2D eigenvalue weighted by molar-refractivity contribution is 6.08. The van der Waals surface area contributed by atoms with Crippen LogP contribution in [0.5, 0.6) is 0 Å². The summed E-state index contributed by atoms with van der Waals surface area (Å²) in [5.41, 5.74) is 18.2. The predicted molar refractivity (Wildman–Crippen MR) is 99.8 cm³/mol. The molecule has 3 rings (SSSR count). The molecule has 0 saturated heterocycles. The van der Waals surface area contributed by atoms with Crippen LogP contribution in [0.25, 0.3) is 5.70 Å². The first-order valence-electron chi connectivity index (χ1n) is 7.83. The molecule has 2 aromatic heterocycles. The number of halogens is 1. The number of nitrogens with two attached hydrogens (primary N) is 3. The van der Waals surface area contributed by atoms with Gasteiger partial charge in [0.2, 0.25) is 0 Å². The molecule has 0 aliphatic rings. The van der Waals surface area contributed by atoms with Crippen LogP contribution in [0.2, 0.25) is 0 Å². The smallest absolute Gasteiger partial charge is 0.181 e. The number of hydrogen-bond acceptors (Lipinski definition) is 9. The molecule has 3 aromatic rings. The predicted octanol–water partition coefficient (Wildman–Crippen LogP) is 1.55. The van der Waals surface area contributed by atoms with Crippen molar-refractivity contribution >= 4 is 28.7 Å². The molecule has 2 heterocycles. The standard InChI is InChI=1S/C17H17FN8O/c18-10-4-2-1-3-9(10)8-23-13(12-5-6-27-26-12)7-11(19)17-24-15(21)14(20)16(22)25-17/h1-7,19,23H,8,20H2,(H4,21,22,24,25)/b13-7-,19-11?. The van der Waals surface area contributed by atoms with Crippen LogP contribution >= 0.6 is 0 Å². The molecule has 0 spiro atoms. The lowest BCUT2D eigenvalue weighted by Crippen LogP contribution is -2.16. The van der Waals surface area contributed by atoms with Gasteiger partial charge < -0.3 is 27.0 Å². The van der Waals surface area contributed by atoms with Gasteiger partial charge >= 0.3 is 0 Å². The fourth-order valence-corrected chi connectivity index (χ4v) is 2.23. The number of nitrogens with one attached hydrogen (secondary N) is 2. The van der Waals surface area contributed by atoms with Gasteiger partial charge in [0.15, 0.2) is 17.5 Å². The van der Waals surface area contributed by atoms with Gasteiger partial charge in [0, 0.05) is 18.2 Å². The van der Waals surface area contributed by atoms with Gasteiger partial charge in [0.1, 0.15) is 29.2 Å². The van der Waals surface area contributed by atoms with Gasteiger partial charge in [0.25, 0.3) is 0 Å². The Hall–Kier alpha value is -3.95. The average Bonchev–Trinajstić information content (AvgIpc) is 3.18. The van der Waals surface area contributed by atoms with E-state index >= 15 is 0 Å². The van der Waals surface area contributed by atoms with E-state index in [-0.39, 0.29) is 41.2 Å². The highest BCUT2D eigenvalue weighted by Crippen LogP contribution is 2.19. The molecule has 27 heavy (non-hydrogen) atoms. The highest BCUT2D eigenvalue weighted by atomic mass is 19.1. The third-order valence-electron chi connectivity index (χ3n) is 3.68. The van der Waals surface area contributed by atoms with Gasteiger partial charge in [-0.15, -0.1) is 0 Å². The summed E-state index contributed by atoms with van der Waals surface area (Å²) in [6.45, 7) is 0.172. The number of benzene rings is 1. The van der Waals surface area contributed by atoms with Crippen molar-refractivity contribution in [3.63, 3.8) is 0 Å². The maximum Gasteiger partial charge on any atom is 0.181 e. The number of aromatic nitrogens is 3. The second kappa shape index (κ2) is 7.52. The lowest BCUT2D eigenvalue weighted by molar-refractivity contribution is 0.417. The summed E-state index contributed by atoms with van der Waals surface area (Å²) in [5.74, 6) is -0.384. The van der Waals surface area contributed by atoms with E-state index < -0.39 is 0 Å². The fraction of sp³-hybridized carbons (Fsp3) is 0.0588. The van der Waals surface area contributed by atoms with Crippen molar-refractivity contribution in [3.8, 4) is 0 Å². The van der Waals surface area contributed by atoms with Crippen molar-refractivity contribution in [2.45, 2.75) is 6.54 Å². The van der Waals surface area contributed by atoms with Gasteiger partial charge in [-0.05, 0) is 12.1 Å². The minimum atomic E-state index is -0.345. The highest BCUT2D eigenvalue weighted by Gasteiger charge is 2.13. The lowest BCUT2D eigenvalue weighted by atomic mass is 10.2. The number of nitrogen functional groups attached to an aromatic ring is 3. The number of hydrogen-bond donors (Lipinski definition) is 5. The van der Waals surface area contributed by atoms with Crippen LogP contribution in [0.15, 0.2) is 47.2 Å². The van der Waals surface area contributed by atoms with Crippen molar-refractivity contribution < 1.29 is 8.91 Å². The molecular weight excluding hydrogens is 351 g/mol. The van der Waals surface area contributed by atoms with Crippen LogP contribution in [0.4, 0.5) is 21.7 Å². The van der Waals surface area contributed by atoms with Crippen molar-refractivity contribution in [3.05, 3.63) is 65.6 Å². The van der Waals surface area contributed by atoms with E-state index in [1.807, 2.05) is 0 Å². The molecule has 0 aliphatic heterocycles. The number of anilines is 3. The number of nitrogens with zero attached hydrogens (tertiary/aromatic N) is 3. The maximum atomic E-state index is 13.8. The van der Waals surface area contributed by atoms with Gasteiger partial charge in [-0.25, -0.2) is 14.4 Å². The van der Waals surface area contributed by atoms with Crippen LogP contribution in [-0.2, 0) is 6.54 Å². The Bertz CT molecular complexity index is 977. The van der Waals surface area contributed by atoms with E-state index in [0.717, 1.165) is 0 Å². The quantitative estimate of drug-likeness (QED) is 0.409. The Balaban J connectivity index is 1.89. The van der Waals surface area contributed by atoms with E-state index in [2.05, 4.69) is 20.4 Å². The van der Waals surface area contributed by atoms with Crippen LogP contribution < -0.4 is 22.5 Å². The molecule has 0 aliphatic carbocycles. The average molecular weight is 368 g/mol. The van der Waals surface area contributed by atoms with Gasteiger partial charge in [-0.3, -0.25) is 5.41 Å². The van der Waals surface area contributed by atoms with Crippen molar-refractivity contribution in [1.82, 2.24) is 20.4 Å². The minimum Gasteiger partial charge on any atom is -0.393 e. The lowest BCUT2D eigenvalue weighted by Gasteiger charge is -2.10. The Morgan fingerprint density at radius 1 is 1.15 bits per heavy atom.